The largest absolute Gasteiger partial charge is 0.462 e. The van der Waals surface area contributed by atoms with Crippen molar-refractivity contribution in [3.05, 3.63) is 29.3 Å². The van der Waals surface area contributed by atoms with Crippen LogP contribution in [0.5, 0.6) is 0 Å². The molecule has 0 aliphatic heterocycles. The fourth-order valence-corrected chi connectivity index (χ4v) is 3.65. The van der Waals surface area contributed by atoms with Crippen LogP contribution in [0.25, 0.3) is 0 Å². The molecule has 0 amide bonds. The lowest BCUT2D eigenvalue weighted by molar-refractivity contribution is -0.142. The summed E-state index contributed by atoms with van der Waals surface area (Å²) in [7, 11) is -3.96. The van der Waals surface area contributed by atoms with E-state index in [-0.39, 0.29) is 29.2 Å². The van der Waals surface area contributed by atoms with Gasteiger partial charge in [0.1, 0.15) is 6.61 Å². The van der Waals surface area contributed by atoms with Crippen LogP contribution in [0.2, 0.25) is 0 Å². The average molecular weight is 357 g/mol. The molecule has 0 aromatic heterocycles. The molecule has 0 unspecified atom stereocenters. The van der Waals surface area contributed by atoms with Gasteiger partial charge in [-0.15, -0.1) is 0 Å². The molecule has 0 atom stereocenters. The first-order valence-corrected chi connectivity index (χ1v) is 8.92. The summed E-state index contributed by atoms with van der Waals surface area (Å²) in [5.74, 6) is -1.32. The Morgan fingerprint density at radius 2 is 1.79 bits per heavy atom. The van der Waals surface area contributed by atoms with Crippen molar-refractivity contribution in [3.8, 4) is 0 Å². The van der Waals surface area contributed by atoms with Crippen LogP contribution in [0.15, 0.2) is 23.1 Å². The highest BCUT2D eigenvalue weighted by atomic mass is 32.2. The SMILES string of the molecule is CCOC(=O)c1c(COC(C)=O)cccc1S(=O)(=O)NC(C)(C)C. The molecule has 7 nitrogen and oxygen atoms in total. The Balaban J connectivity index is 3.45. The highest BCUT2D eigenvalue weighted by Gasteiger charge is 2.29. The maximum Gasteiger partial charge on any atom is 0.339 e. The van der Waals surface area contributed by atoms with E-state index >= 15 is 0 Å². The van der Waals surface area contributed by atoms with Crippen molar-refractivity contribution >= 4 is 22.0 Å². The molecule has 0 spiro atoms. The van der Waals surface area contributed by atoms with E-state index in [9.17, 15) is 18.0 Å². The van der Waals surface area contributed by atoms with Crippen LogP contribution in [-0.2, 0) is 30.9 Å². The number of rotatable bonds is 6. The van der Waals surface area contributed by atoms with Crippen LogP contribution in [0, 0.1) is 0 Å². The van der Waals surface area contributed by atoms with Crippen LogP contribution >= 0.6 is 0 Å². The van der Waals surface area contributed by atoms with E-state index in [4.69, 9.17) is 9.47 Å². The van der Waals surface area contributed by atoms with Crippen molar-refractivity contribution in [2.24, 2.45) is 0 Å². The second-order valence-corrected chi connectivity index (χ2v) is 7.80. The molecule has 24 heavy (non-hydrogen) atoms. The van der Waals surface area contributed by atoms with Crippen molar-refractivity contribution in [2.45, 2.75) is 51.7 Å². The van der Waals surface area contributed by atoms with E-state index in [1.54, 1.807) is 27.7 Å². The fraction of sp³-hybridized carbons (Fsp3) is 0.500. The van der Waals surface area contributed by atoms with Crippen molar-refractivity contribution in [1.82, 2.24) is 4.72 Å². The van der Waals surface area contributed by atoms with Crippen LogP contribution < -0.4 is 4.72 Å². The summed E-state index contributed by atoms with van der Waals surface area (Å²) in [6.45, 7) is 7.79. The quantitative estimate of drug-likeness (QED) is 0.782. The lowest BCUT2D eigenvalue weighted by Gasteiger charge is -2.22. The van der Waals surface area contributed by atoms with E-state index < -0.39 is 27.5 Å². The van der Waals surface area contributed by atoms with Gasteiger partial charge < -0.3 is 9.47 Å². The third kappa shape index (κ3) is 5.61. The Hall–Kier alpha value is -1.93. The number of carbonyl (C=O) groups is 2. The van der Waals surface area contributed by atoms with Gasteiger partial charge in [-0.05, 0) is 33.8 Å². The second kappa shape index (κ2) is 7.76. The molecule has 134 valence electrons. The monoisotopic (exact) mass is 357 g/mol. The molecule has 0 radical (unpaired) electrons. The standard InChI is InChI=1S/C16H23NO6S/c1-6-22-15(19)14-12(10-23-11(2)18)8-7-9-13(14)24(20,21)17-16(3,4)5/h7-9,17H,6,10H2,1-5H3. The summed E-state index contributed by atoms with van der Waals surface area (Å²) in [4.78, 5) is 23.1. The minimum absolute atomic E-state index is 0.0902. The topological polar surface area (TPSA) is 98.8 Å². The number of sulfonamides is 1. The lowest BCUT2D eigenvalue weighted by atomic mass is 10.1. The Bertz CT molecular complexity index is 719. The zero-order valence-corrected chi connectivity index (χ0v) is 15.3. The van der Waals surface area contributed by atoms with Crippen molar-refractivity contribution in [1.29, 1.82) is 0 Å². The van der Waals surface area contributed by atoms with Gasteiger partial charge in [-0.3, -0.25) is 4.79 Å². The molecular weight excluding hydrogens is 334 g/mol. The Kier molecular flexibility index (Phi) is 6.50. The minimum atomic E-state index is -3.96. The highest BCUT2D eigenvalue weighted by Crippen LogP contribution is 2.23. The van der Waals surface area contributed by atoms with Gasteiger partial charge in [0.05, 0.1) is 17.1 Å². The summed E-state index contributed by atoms with van der Waals surface area (Å²) in [6, 6.07) is 4.32. The van der Waals surface area contributed by atoms with Crippen LogP contribution in [-0.4, -0.2) is 32.5 Å². The Morgan fingerprint density at radius 1 is 1.17 bits per heavy atom. The van der Waals surface area contributed by atoms with Gasteiger partial charge in [0, 0.05) is 18.0 Å². The van der Waals surface area contributed by atoms with Crippen molar-refractivity contribution < 1.29 is 27.5 Å². The minimum Gasteiger partial charge on any atom is -0.462 e. The van der Waals surface area contributed by atoms with Gasteiger partial charge in [-0.25, -0.2) is 17.9 Å². The molecule has 0 heterocycles. The van der Waals surface area contributed by atoms with E-state index in [1.165, 1.54) is 25.1 Å². The van der Waals surface area contributed by atoms with Crippen LogP contribution in [0.3, 0.4) is 0 Å². The van der Waals surface area contributed by atoms with Crippen LogP contribution in [0.1, 0.15) is 50.5 Å². The first-order chi connectivity index (χ1) is 11.0. The molecule has 0 fully saturated rings. The molecule has 8 heteroatoms. The molecular formula is C16H23NO6S. The van der Waals surface area contributed by atoms with Gasteiger partial charge in [-0.2, -0.15) is 0 Å². The number of esters is 2. The molecule has 1 rings (SSSR count). The summed E-state index contributed by atoms with van der Waals surface area (Å²) in [6.07, 6.45) is 0. The van der Waals surface area contributed by atoms with Crippen molar-refractivity contribution in [3.63, 3.8) is 0 Å². The Labute approximate surface area is 142 Å². The van der Waals surface area contributed by atoms with Gasteiger partial charge >= 0.3 is 11.9 Å². The van der Waals surface area contributed by atoms with E-state index in [0.717, 1.165) is 0 Å². The average Bonchev–Trinajstić information content (AvgIpc) is 2.42. The second-order valence-electron chi connectivity index (χ2n) is 6.15. The number of carbonyl (C=O) groups excluding carboxylic acids is 2. The third-order valence-corrected chi connectivity index (χ3v) is 4.55. The summed E-state index contributed by atoms with van der Waals surface area (Å²) >= 11 is 0. The summed E-state index contributed by atoms with van der Waals surface area (Å²) in [5.41, 5.74) is -0.589. The number of ether oxygens (including phenoxy) is 2. The van der Waals surface area contributed by atoms with E-state index in [2.05, 4.69) is 4.72 Å². The Morgan fingerprint density at radius 3 is 2.29 bits per heavy atom. The highest BCUT2D eigenvalue weighted by molar-refractivity contribution is 7.89. The van der Waals surface area contributed by atoms with Gasteiger partial charge in [0.2, 0.25) is 10.0 Å². The fourth-order valence-electron chi connectivity index (χ4n) is 1.99. The normalized spacial score (nSPS) is 11.9. The maximum atomic E-state index is 12.6. The van der Waals surface area contributed by atoms with Gasteiger partial charge in [0.15, 0.2) is 0 Å². The number of benzene rings is 1. The summed E-state index contributed by atoms with van der Waals surface area (Å²) < 4.78 is 37.7. The molecule has 1 aromatic carbocycles. The maximum absolute atomic E-state index is 12.6. The zero-order valence-electron chi connectivity index (χ0n) is 14.5. The molecule has 0 bridgehead atoms. The first-order valence-electron chi connectivity index (χ1n) is 7.44. The number of nitrogens with one attached hydrogen (secondary N) is 1. The third-order valence-electron chi connectivity index (χ3n) is 2.75. The molecule has 0 saturated heterocycles. The molecule has 0 aliphatic rings. The molecule has 1 N–H and O–H groups in total. The number of hydrogen-bond acceptors (Lipinski definition) is 6. The van der Waals surface area contributed by atoms with Gasteiger partial charge in [0.25, 0.3) is 0 Å². The number of hydrogen-bond donors (Lipinski definition) is 1. The molecule has 0 saturated carbocycles. The zero-order chi connectivity index (χ0) is 18.5. The smallest absolute Gasteiger partial charge is 0.339 e. The van der Waals surface area contributed by atoms with E-state index in [0.29, 0.717) is 0 Å². The van der Waals surface area contributed by atoms with Gasteiger partial charge in [-0.1, -0.05) is 12.1 Å². The van der Waals surface area contributed by atoms with Crippen molar-refractivity contribution in [2.75, 3.05) is 6.61 Å². The lowest BCUT2D eigenvalue weighted by Crippen LogP contribution is -2.41. The predicted molar refractivity (Wildman–Crippen MR) is 87.9 cm³/mol. The van der Waals surface area contributed by atoms with E-state index in [1.807, 2.05) is 0 Å². The molecule has 1 aromatic rings. The summed E-state index contributed by atoms with van der Waals surface area (Å²) in [5, 5.41) is 0. The molecule has 0 aliphatic carbocycles. The van der Waals surface area contributed by atoms with Crippen LogP contribution in [0.4, 0.5) is 0 Å². The first kappa shape index (κ1) is 20.1. The predicted octanol–water partition coefficient (Wildman–Crippen LogP) is 2.00.